The van der Waals surface area contributed by atoms with Gasteiger partial charge in [-0.15, -0.1) is 10.2 Å². The maximum absolute atomic E-state index is 13.3. The van der Waals surface area contributed by atoms with E-state index in [9.17, 15) is 9.18 Å². The van der Waals surface area contributed by atoms with E-state index in [1.165, 1.54) is 11.3 Å². The molecule has 8 heteroatoms. The highest BCUT2D eigenvalue weighted by atomic mass is 32.1. The van der Waals surface area contributed by atoms with Crippen molar-refractivity contribution in [2.24, 2.45) is 0 Å². The fourth-order valence-corrected chi connectivity index (χ4v) is 4.82. The Morgan fingerprint density at radius 2 is 2.10 bits per heavy atom. The SMILES string of the molecule is [2H]c1nc(CC(=O)N2CCC(N(C)CC(C)F)CC2)cc2cc(-c3nnc(C)s3)ccc12. The summed E-state index contributed by atoms with van der Waals surface area (Å²) in [5.74, 6) is 0.0205. The van der Waals surface area contributed by atoms with Crippen molar-refractivity contribution in [3.8, 4) is 10.6 Å². The molecule has 4 rings (SSSR count). The molecular weight excluding hydrogens is 413 g/mol. The Labute approximate surface area is 187 Å². The summed E-state index contributed by atoms with van der Waals surface area (Å²) in [5, 5.41) is 11.6. The minimum atomic E-state index is -0.853. The summed E-state index contributed by atoms with van der Waals surface area (Å²) < 4.78 is 21.6. The lowest BCUT2D eigenvalue weighted by atomic mass is 10.0. The number of fused-ring (bicyclic) bond motifs is 1. The summed E-state index contributed by atoms with van der Waals surface area (Å²) in [4.78, 5) is 21.2. The van der Waals surface area contributed by atoms with Gasteiger partial charge in [0.1, 0.15) is 16.2 Å². The summed E-state index contributed by atoms with van der Waals surface area (Å²) in [5.41, 5.74) is 1.54. The summed E-state index contributed by atoms with van der Waals surface area (Å²) in [6, 6.07) is 7.99. The molecule has 0 radical (unpaired) electrons. The average Bonchev–Trinajstić information content (AvgIpc) is 3.19. The van der Waals surface area contributed by atoms with Gasteiger partial charge in [-0.3, -0.25) is 9.78 Å². The maximum atomic E-state index is 13.3. The van der Waals surface area contributed by atoms with Gasteiger partial charge in [0.25, 0.3) is 0 Å². The van der Waals surface area contributed by atoms with Crippen molar-refractivity contribution in [3.05, 3.63) is 41.1 Å². The summed E-state index contributed by atoms with van der Waals surface area (Å²) in [6.45, 7) is 5.24. The third-order valence-corrected chi connectivity index (χ3v) is 6.67. The van der Waals surface area contributed by atoms with E-state index in [1.807, 2.05) is 43.1 Å². The van der Waals surface area contributed by atoms with Gasteiger partial charge in [-0.1, -0.05) is 23.5 Å². The number of carbonyl (C=O) groups is 1. The summed E-state index contributed by atoms with van der Waals surface area (Å²) >= 11 is 1.52. The number of rotatable bonds is 6. The zero-order valence-electron chi connectivity index (χ0n) is 19.1. The van der Waals surface area contributed by atoms with Gasteiger partial charge in [0, 0.05) is 42.8 Å². The van der Waals surface area contributed by atoms with Crippen molar-refractivity contribution in [2.45, 2.75) is 45.3 Å². The largest absolute Gasteiger partial charge is 0.342 e. The van der Waals surface area contributed by atoms with Crippen molar-refractivity contribution >= 4 is 28.0 Å². The lowest BCUT2D eigenvalue weighted by molar-refractivity contribution is -0.132. The van der Waals surface area contributed by atoms with E-state index < -0.39 is 6.17 Å². The van der Waals surface area contributed by atoms with E-state index in [0.29, 0.717) is 31.4 Å². The second-order valence-corrected chi connectivity index (χ2v) is 9.48. The van der Waals surface area contributed by atoms with Crippen molar-refractivity contribution < 1.29 is 10.6 Å². The number of halogens is 1. The van der Waals surface area contributed by atoms with Crippen LogP contribution in [-0.2, 0) is 11.2 Å². The fourth-order valence-electron chi connectivity index (χ4n) is 4.13. The third kappa shape index (κ3) is 5.25. The van der Waals surface area contributed by atoms with Crippen LogP contribution in [0.3, 0.4) is 0 Å². The molecule has 1 unspecified atom stereocenters. The number of piperidine rings is 1. The van der Waals surface area contributed by atoms with Gasteiger partial charge in [-0.2, -0.15) is 0 Å². The van der Waals surface area contributed by atoms with E-state index in [1.54, 1.807) is 6.92 Å². The molecule has 1 saturated heterocycles. The molecule has 1 aliphatic rings. The van der Waals surface area contributed by atoms with Crippen molar-refractivity contribution in [2.75, 3.05) is 26.7 Å². The lowest BCUT2D eigenvalue weighted by Crippen LogP contribution is -2.47. The topological polar surface area (TPSA) is 62.2 Å². The Morgan fingerprint density at radius 1 is 1.32 bits per heavy atom. The molecule has 1 fully saturated rings. The van der Waals surface area contributed by atoms with Crippen LogP contribution in [0.2, 0.25) is 0 Å². The molecule has 0 aliphatic carbocycles. The number of benzene rings is 1. The first-order valence-corrected chi connectivity index (χ1v) is 11.4. The fraction of sp³-hybridized carbons (Fsp3) is 0.478. The predicted octanol–water partition coefficient (Wildman–Crippen LogP) is 3.89. The van der Waals surface area contributed by atoms with Crippen LogP contribution >= 0.6 is 11.3 Å². The zero-order valence-corrected chi connectivity index (χ0v) is 19.0. The Hall–Kier alpha value is -2.45. The number of hydrogen-bond acceptors (Lipinski definition) is 6. The second kappa shape index (κ2) is 9.36. The highest BCUT2D eigenvalue weighted by Gasteiger charge is 2.26. The van der Waals surface area contributed by atoms with Gasteiger partial charge in [0.15, 0.2) is 0 Å². The number of alkyl halides is 1. The van der Waals surface area contributed by atoms with Gasteiger partial charge < -0.3 is 9.80 Å². The molecule has 6 nitrogen and oxygen atoms in total. The molecule has 0 spiro atoms. The van der Waals surface area contributed by atoms with Crippen molar-refractivity contribution in [1.29, 1.82) is 0 Å². The molecule has 31 heavy (non-hydrogen) atoms. The standard InChI is InChI=1S/C23H28FN5OS/c1-15(24)14-28(3)21-6-8-29(9-7-21)22(30)12-20-11-19-10-17(4-5-18(19)13-25-20)23-27-26-16(2)31-23/h4-5,10-11,13,15,21H,6-9,12,14H2,1-3H3/i13D. The third-order valence-electron chi connectivity index (χ3n) is 5.78. The van der Waals surface area contributed by atoms with Gasteiger partial charge in [0.05, 0.1) is 13.5 Å². The smallest absolute Gasteiger partial charge is 0.228 e. The molecule has 164 valence electrons. The number of carbonyl (C=O) groups excluding carboxylic acids is 1. The van der Waals surface area contributed by atoms with E-state index in [2.05, 4.69) is 20.1 Å². The van der Waals surface area contributed by atoms with Crippen LogP contribution in [0.5, 0.6) is 0 Å². The molecule has 3 aromatic rings. The molecule has 0 saturated carbocycles. The van der Waals surface area contributed by atoms with E-state index in [-0.39, 0.29) is 18.5 Å². The number of hydrogen-bond donors (Lipinski definition) is 0. The van der Waals surface area contributed by atoms with E-state index in [0.717, 1.165) is 39.2 Å². The van der Waals surface area contributed by atoms with Gasteiger partial charge in [-0.25, -0.2) is 4.39 Å². The quantitative estimate of drug-likeness (QED) is 0.580. The summed E-state index contributed by atoms with van der Waals surface area (Å²) in [7, 11) is 1.95. The normalized spacial score (nSPS) is 16.7. The minimum absolute atomic E-state index is 0.0205. The Bertz CT molecular complexity index is 1110. The van der Waals surface area contributed by atoms with Gasteiger partial charge in [0.2, 0.25) is 5.91 Å². The molecular formula is C23H28FN5OS. The average molecular weight is 443 g/mol. The predicted molar refractivity (Wildman–Crippen MR) is 122 cm³/mol. The van der Waals surface area contributed by atoms with Crippen LogP contribution in [0.1, 0.15) is 31.8 Å². The first-order valence-electron chi connectivity index (χ1n) is 11.1. The van der Waals surface area contributed by atoms with Crippen molar-refractivity contribution in [3.63, 3.8) is 0 Å². The van der Waals surface area contributed by atoms with Crippen LogP contribution in [0.15, 0.2) is 30.4 Å². The van der Waals surface area contributed by atoms with Crippen molar-refractivity contribution in [1.82, 2.24) is 25.0 Å². The number of nitrogens with zero attached hydrogens (tertiary/aromatic N) is 5. The van der Waals surface area contributed by atoms with E-state index in [4.69, 9.17) is 1.37 Å². The first-order chi connectivity index (χ1) is 15.3. The number of aromatic nitrogens is 3. The highest BCUT2D eigenvalue weighted by Crippen LogP contribution is 2.27. The first kappa shape index (κ1) is 20.5. The van der Waals surface area contributed by atoms with E-state index >= 15 is 0 Å². The molecule has 0 N–H and O–H groups in total. The molecule has 1 aromatic carbocycles. The molecule has 3 heterocycles. The highest BCUT2D eigenvalue weighted by molar-refractivity contribution is 7.14. The summed E-state index contributed by atoms with van der Waals surface area (Å²) in [6.07, 6.45) is 1.18. The van der Waals surface area contributed by atoms with Crippen LogP contribution in [0, 0.1) is 6.92 Å². The molecule has 1 aliphatic heterocycles. The Kier molecular flexibility index (Phi) is 6.18. The van der Waals surface area contributed by atoms with Crippen LogP contribution in [-0.4, -0.2) is 69.8 Å². The molecule has 0 bridgehead atoms. The van der Waals surface area contributed by atoms with Gasteiger partial charge in [-0.05, 0) is 51.3 Å². The number of pyridine rings is 1. The lowest BCUT2D eigenvalue weighted by Gasteiger charge is -2.37. The zero-order chi connectivity index (χ0) is 22.8. The maximum Gasteiger partial charge on any atom is 0.228 e. The number of aryl methyl sites for hydroxylation is 1. The number of amides is 1. The monoisotopic (exact) mass is 442 g/mol. The Morgan fingerprint density at radius 3 is 2.77 bits per heavy atom. The number of likely N-dealkylation sites (tertiary alicyclic amines) is 1. The Balaban J connectivity index is 1.45. The van der Waals surface area contributed by atoms with Crippen LogP contribution < -0.4 is 0 Å². The van der Waals surface area contributed by atoms with Crippen LogP contribution in [0.4, 0.5) is 4.39 Å². The molecule has 2 aromatic heterocycles. The second-order valence-electron chi connectivity index (χ2n) is 8.30. The minimum Gasteiger partial charge on any atom is -0.342 e. The molecule has 1 amide bonds. The van der Waals surface area contributed by atoms with Gasteiger partial charge >= 0.3 is 0 Å². The van der Waals surface area contributed by atoms with Crippen LogP contribution in [0.25, 0.3) is 21.3 Å². The molecule has 1 atom stereocenters.